The summed E-state index contributed by atoms with van der Waals surface area (Å²) in [6.45, 7) is 3.94. The number of hydrogen-bond acceptors (Lipinski definition) is 8. The fraction of sp³-hybridized carbons (Fsp3) is 0.341. The first-order chi connectivity index (χ1) is 27.4. The summed E-state index contributed by atoms with van der Waals surface area (Å²) in [7, 11) is -3.01. The van der Waals surface area contributed by atoms with E-state index in [1.807, 2.05) is 46.7 Å². The number of nitrogens with zero attached hydrogens (tertiary/aromatic N) is 4. The van der Waals surface area contributed by atoms with Gasteiger partial charge in [0.2, 0.25) is 11.3 Å². The Morgan fingerprint density at radius 3 is 2.28 bits per heavy atom. The molecule has 1 saturated carbocycles. The smallest absolute Gasteiger partial charge is 0.261 e. The number of hydrogen-bond donors (Lipinski definition) is 2. The molecule has 0 spiro atoms. The third-order valence-electron chi connectivity index (χ3n) is 11.6. The van der Waals surface area contributed by atoms with Crippen molar-refractivity contribution in [2.45, 2.75) is 52.0 Å². The number of sulfone groups is 1. The SMILES string of the molecule is Cc1ccc(-c2cn(CC3CCC3)cc(C(=O)Nc3ccc(-c4cc(-c5ccc(CC6CN(C(=O)C7CCS(=O)(=O)CC7)C6)cc5)cnc4N)c(F)c3)c2=O)nc1. The second-order valence-corrected chi connectivity index (χ2v) is 18.2. The van der Waals surface area contributed by atoms with Gasteiger partial charge in [-0.05, 0) is 97.9 Å². The Labute approximate surface area is 331 Å². The maximum Gasteiger partial charge on any atom is 0.261 e. The van der Waals surface area contributed by atoms with Crippen LogP contribution >= 0.6 is 0 Å². The van der Waals surface area contributed by atoms with Crippen molar-refractivity contribution in [3.05, 3.63) is 118 Å². The van der Waals surface area contributed by atoms with Crippen molar-refractivity contribution in [3.63, 3.8) is 0 Å². The average molecular weight is 789 g/mol. The minimum absolute atomic E-state index is 0.0496. The van der Waals surface area contributed by atoms with E-state index in [2.05, 4.69) is 15.3 Å². The molecule has 0 atom stereocenters. The molecule has 8 rings (SSSR count). The Bertz CT molecular complexity index is 2500. The van der Waals surface area contributed by atoms with Gasteiger partial charge in [0.1, 0.15) is 27.0 Å². The lowest BCUT2D eigenvalue weighted by Gasteiger charge is -2.41. The summed E-state index contributed by atoms with van der Waals surface area (Å²) < 4.78 is 41.2. The molecule has 1 aliphatic carbocycles. The van der Waals surface area contributed by atoms with Crippen molar-refractivity contribution in [2.24, 2.45) is 17.8 Å². The third-order valence-corrected chi connectivity index (χ3v) is 13.3. The van der Waals surface area contributed by atoms with Crippen LogP contribution in [-0.2, 0) is 27.6 Å². The van der Waals surface area contributed by atoms with Crippen LogP contribution in [0.25, 0.3) is 33.5 Å². The summed E-state index contributed by atoms with van der Waals surface area (Å²) >= 11 is 0. The predicted molar refractivity (Wildman–Crippen MR) is 219 cm³/mol. The fourth-order valence-electron chi connectivity index (χ4n) is 7.98. The number of carbonyl (C=O) groups is 2. The number of benzene rings is 2. The van der Waals surface area contributed by atoms with Gasteiger partial charge in [0.05, 0.1) is 22.8 Å². The summed E-state index contributed by atoms with van der Waals surface area (Å²) in [6.07, 6.45) is 11.7. The molecule has 5 heterocycles. The molecule has 2 saturated heterocycles. The quantitative estimate of drug-likeness (QED) is 0.161. The Morgan fingerprint density at radius 2 is 1.61 bits per heavy atom. The number of nitrogen functional groups attached to an aromatic ring is 1. The number of nitrogens with one attached hydrogen (secondary N) is 1. The van der Waals surface area contributed by atoms with Gasteiger partial charge in [0.25, 0.3) is 5.91 Å². The number of aromatic nitrogens is 3. The largest absolute Gasteiger partial charge is 0.383 e. The lowest BCUT2D eigenvalue weighted by molar-refractivity contribution is -0.142. The number of nitrogens with two attached hydrogens (primary N) is 1. The molecule has 3 aromatic heterocycles. The van der Waals surface area contributed by atoms with Gasteiger partial charge in [-0.3, -0.25) is 19.4 Å². The van der Waals surface area contributed by atoms with E-state index in [9.17, 15) is 22.8 Å². The van der Waals surface area contributed by atoms with Crippen LogP contribution in [0.3, 0.4) is 0 Å². The molecular formula is C44H45FN6O5S. The molecule has 0 radical (unpaired) electrons. The summed E-state index contributed by atoms with van der Waals surface area (Å²) in [5, 5.41) is 2.72. The first-order valence-corrected chi connectivity index (χ1v) is 21.3. The van der Waals surface area contributed by atoms with E-state index in [0.717, 1.165) is 41.5 Å². The number of anilines is 2. The first-order valence-electron chi connectivity index (χ1n) is 19.5. The van der Waals surface area contributed by atoms with E-state index in [4.69, 9.17) is 5.73 Å². The monoisotopic (exact) mass is 788 g/mol. The number of likely N-dealkylation sites (tertiary alicyclic amines) is 1. The Kier molecular flexibility index (Phi) is 10.5. The highest BCUT2D eigenvalue weighted by atomic mass is 32.2. The van der Waals surface area contributed by atoms with Crippen LogP contribution in [-0.4, -0.2) is 64.3 Å². The van der Waals surface area contributed by atoms with E-state index < -0.39 is 27.0 Å². The van der Waals surface area contributed by atoms with E-state index in [0.29, 0.717) is 61.1 Å². The molecule has 0 bridgehead atoms. The van der Waals surface area contributed by atoms with Crippen LogP contribution < -0.4 is 16.5 Å². The van der Waals surface area contributed by atoms with Crippen molar-refractivity contribution in [3.8, 4) is 33.5 Å². The van der Waals surface area contributed by atoms with Gasteiger partial charge in [-0.15, -0.1) is 0 Å². The molecule has 3 fully saturated rings. The molecule has 294 valence electrons. The normalized spacial score (nSPS) is 17.1. The van der Waals surface area contributed by atoms with Gasteiger partial charge in [-0.1, -0.05) is 36.8 Å². The van der Waals surface area contributed by atoms with Crippen LogP contribution in [0.4, 0.5) is 15.9 Å². The van der Waals surface area contributed by atoms with Gasteiger partial charge < -0.3 is 20.5 Å². The van der Waals surface area contributed by atoms with Crippen molar-refractivity contribution in [1.29, 1.82) is 0 Å². The predicted octanol–water partition coefficient (Wildman–Crippen LogP) is 6.55. The maximum absolute atomic E-state index is 15.8. The summed E-state index contributed by atoms with van der Waals surface area (Å²) in [5.74, 6) is -0.231. The molecule has 57 heavy (non-hydrogen) atoms. The maximum atomic E-state index is 15.8. The van der Waals surface area contributed by atoms with Crippen LogP contribution in [0.1, 0.15) is 53.6 Å². The van der Waals surface area contributed by atoms with Crippen molar-refractivity contribution < 1.29 is 22.4 Å². The lowest BCUT2D eigenvalue weighted by Crippen LogP contribution is -2.53. The minimum Gasteiger partial charge on any atom is -0.383 e. The van der Waals surface area contributed by atoms with Crippen molar-refractivity contribution >= 4 is 33.2 Å². The Balaban J connectivity index is 0.936. The molecule has 3 N–H and O–H groups in total. The second kappa shape index (κ2) is 15.7. The Morgan fingerprint density at radius 1 is 0.860 bits per heavy atom. The van der Waals surface area contributed by atoms with E-state index >= 15 is 4.39 Å². The topological polar surface area (TPSA) is 157 Å². The summed E-state index contributed by atoms with van der Waals surface area (Å²) in [4.78, 5) is 50.8. The zero-order valence-electron chi connectivity index (χ0n) is 31.8. The van der Waals surface area contributed by atoms with Gasteiger partial charge in [-0.2, -0.15) is 0 Å². The van der Waals surface area contributed by atoms with Crippen LogP contribution in [0, 0.1) is 30.5 Å². The fourth-order valence-corrected chi connectivity index (χ4v) is 9.47. The van der Waals surface area contributed by atoms with Gasteiger partial charge >= 0.3 is 0 Å². The molecule has 13 heteroatoms. The molecular weight excluding hydrogens is 744 g/mol. The molecule has 3 aliphatic rings. The average Bonchev–Trinajstić information content (AvgIpc) is 3.16. The lowest BCUT2D eigenvalue weighted by atomic mass is 9.85. The number of halogens is 1. The van der Waals surface area contributed by atoms with Crippen LogP contribution in [0.2, 0.25) is 0 Å². The standard InChI is InChI=1S/C44H45FN6O5S/c1-27-5-12-40(47-20-27)37-25-50(22-29-3-2-4-29)26-38(41(37)52)43(53)49-34-10-11-35(39(45)19-34)36-18-33(21-48-42(36)46)31-8-6-28(7-9-31)17-30-23-51(24-30)44(54)32-13-15-57(55,56)16-14-32/h5-12,18-21,25-26,29-30,32H,2-4,13-17,22-24H2,1H3,(H2,46,48)(H,49,53). The highest BCUT2D eigenvalue weighted by Crippen LogP contribution is 2.34. The van der Waals surface area contributed by atoms with Crippen LogP contribution in [0.5, 0.6) is 0 Å². The summed E-state index contributed by atoms with van der Waals surface area (Å²) in [5.41, 5.74) is 11.1. The minimum atomic E-state index is -3.01. The zero-order chi connectivity index (χ0) is 39.8. The van der Waals surface area contributed by atoms with Crippen molar-refractivity contribution in [2.75, 3.05) is 35.6 Å². The third kappa shape index (κ3) is 8.39. The molecule has 11 nitrogen and oxygen atoms in total. The van der Waals surface area contributed by atoms with E-state index in [1.54, 1.807) is 43.0 Å². The summed E-state index contributed by atoms with van der Waals surface area (Å²) in [6, 6.07) is 17.8. The molecule has 2 aromatic carbocycles. The highest BCUT2D eigenvalue weighted by Gasteiger charge is 2.37. The Hall–Kier alpha value is -5.69. The number of aryl methyl sites for hydroxylation is 1. The number of amides is 2. The molecule has 0 unspecified atom stereocenters. The number of pyridine rings is 3. The number of rotatable bonds is 10. The van der Waals surface area contributed by atoms with Gasteiger partial charge in [0, 0.05) is 72.7 Å². The van der Waals surface area contributed by atoms with Gasteiger partial charge in [-0.25, -0.2) is 17.8 Å². The number of carbonyl (C=O) groups excluding carboxylic acids is 2. The second-order valence-electron chi connectivity index (χ2n) is 15.9. The van der Waals surface area contributed by atoms with Crippen molar-refractivity contribution in [1.82, 2.24) is 19.4 Å². The van der Waals surface area contributed by atoms with Crippen LogP contribution in [0.15, 0.2) is 90.2 Å². The highest BCUT2D eigenvalue weighted by molar-refractivity contribution is 7.91. The zero-order valence-corrected chi connectivity index (χ0v) is 32.6. The molecule has 2 aliphatic heterocycles. The molecule has 5 aromatic rings. The van der Waals surface area contributed by atoms with E-state index in [-0.39, 0.29) is 46.0 Å². The van der Waals surface area contributed by atoms with Gasteiger partial charge in [0.15, 0.2) is 0 Å². The van der Waals surface area contributed by atoms with E-state index in [1.165, 1.54) is 18.6 Å². The molecule has 2 amide bonds. The first kappa shape index (κ1) is 38.2.